The molecule has 0 unspecified atom stereocenters. The molecule has 0 fully saturated rings. The number of unbranched alkanes of at least 4 members (excludes halogenated alkanes) is 1. The maximum atomic E-state index is 11.4. The van der Waals surface area contributed by atoms with Crippen LogP contribution in [0.2, 0.25) is 0 Å². The second kappa shape index (κ2) is 8.13. The van der Waals surface area contributed by atoms with Crippen molar-refractivity contribution in [3.63, 3.8) is 0 Å². The lowest BCUT2D eigenvalue weighted by molar-refractivity contribution is -0.145. The van der Waals surface area contributed by atoms with E-state index in [4.69, 9.17) is 15.2 Å². The van der Waals surface area contributed by atoms with Gasteiger partial charge in [-0.3, -0.25) is 9.59 Å². The zero-order chi connectivity index (χ0) is 14.1. The van der Waals surface area contributed by atoms with Crippen LogP contribution < -0.4 is 10.5 Å². The molecule has 0 saturated heterocycles. The first-order valence-electron chi connectivity index (χ1n) is 6.18. The molecule has 0 bridgehead atoms. The molecule has 0 radical (unpaired) electrons. The quantitative estimate of drug-likeness (QED) is 0.574. The number of ether oxygens (including phenoxy) is 2. The number of esters is 1. The summed E-state index contributed by atoms with van der Waals surface area (Å²) in [7, 11) is 1.59. The van der Waals surface area contributed by atoms with Crippen LogP contribution in [0, 0.1) is 0 Å². The van der Waals surface area contributed by atoms with E-state index >= 15 is 0 Å². The van der Waals surface area contributed by atoms with Crippen LogP contribution in [0.5, 0.6) is 5.75 Å². The molecular weight excluding hydrogens is 246 g/mol. The van der Waals surface area contributed by atoms with E-state index in [1.54, 1.807) is 7.11 Å². The van der Waals surface area contributed by atoms with Crippen LogP contribution in [-0.4, -0.2) is 19.0 Å². The zero-order valence-corrected chi connectivity index (χ0v) is 11.1. The molecule has 0 heterocycles. The topological polar surface area (TPSA) is 78.6 Å². The van der Waals surface area contributed by atoms with Crippen molar-refractivity contribution in [3.8, 4) is 5.75 Å². The monoisotopic (exact) mass is 265 g/mol. The lowest BCUT2D eigenvalue weighted by Crippen LogP contribution is -2.10. The molecule has 0 spiro atoms. The van der Waals surface area contributed by atoms with Crippen molar-refractivity contribution in [2.75, 3.05) is 7.11 Å². The minimum atomic E-state index is -0.343. The van der Waals surface area contributed by atoms with Gasteiger partial charge >= 0.3 is 5.97 Å². The summed E-state index contributed by atoms with van der Waals surface area (Å²) in [4.78, 5) is 22.0. The van der Waals surface area contributed by atoms with Crippen LogP contribution in [0.4, 0.5) is 0 Å². The van der Waals surface area contributed by atoms with E-state index in [-0.39, 0.29) is 18.5 Å². The predicted octanol–water partition coefficient (Wildman–Crippen LogP) is 1.78. The molecule has 1 rings (SSSR count). The highest BCUT2D eigenvalue weighted by Crippen LogP contribution is 2.13. The van der Waals surface area contributed by atoms with Crippen LogP contribution in [-0.2, 0) is 20.9 Å². The standard InChI is InChI=1S/C14H19NO4/c1-18-12-6-4-5-11(9-12)10-19-14(17)8-3-2-7-13(15)16/h4-6,9H,2-3,7-8,10H2,1H3,(H2,15,16). The van der Waals surface area contributed by atoms with E-state index < -0.39 is 0 Å². The Balaban J connectivity index is 2.24. The summed E-state index contributed by atoms with van der Waals surface area (Å²) in [6, 6.07) is 7.35. The Hall–Kier alpha value is -2.04. The number of methoxy groups -OCH3 is 1. The summed E-state index contributed by atoms with van der Waals surface area (Å²) < 4.78 is 10.2. The molecule has 1 aromatic rings. The molecule has 0 atom stereocenters. The number of hydrogen-bond donors (Lipinski definition) is 1. The number of benzene rings is 1. The fraction of sp³-hybridized carbons (Fsp3) is 0.429. The van der Waals surface area contributed by atoms with Crippen LogP contribution >= 0.6 is 0 Å². The summed E-state index contributed by atoms with van der Waals surface area (Å²) in [5.41, 5.74) is 5.88. The maximum absolute atomic E-state index is 11.4. The number of rotatable bonds is 8. The van der Waals surface area contributed by atoms with Crippen molar-refractivity contribution in [2.24, 2.45) is 5.73 Å². The largest absolute Gasteiger partial charge is 0.497 e. The van der Waals surface area contributed by atoms with Gasteiger partial charge in [-0.25, -0.2) is 0 Å². The fourth-order valence-electron chi connectivity index (χ4n) is 1.57. The molecule has 5 heteroatoms. The second-order valence-electron chi connectivity index (χ2n) is 4.19. The van der Waals surface area contributed by atoms with E-state index in [1.165, 1.54) is 0 Å². The number of carbonyl (C=O) groups excluding carboxylic acids is 2. The van der Waals surface area contributed by atoms with E-state index in [0.29, 0.717) is 25.7 Å². The fourth-order valence-corrected chi connectivity index (χ4v) is 1.57. The summed E-state index contributed by atoms with van der Waals surface area (Å²) in [6.45, 7) is 0.228. The van der Waals surface area contributed by atoms with Crippen LogP contribution in [0.15, 0.2) is 24.3 Å². The van der Waals surface area contributed by atoms with Gasteiger partial charge in [-0.15, -0.1) is 0 Å². The van der Waals surface area contributed by atoms with Crippen molar-refractivity contribution in [1.82, 2.24) is 0 Å². The summed E-state index contributed by atoms with van der Waals surface area (Å²) in [5.74, 6) is 0.118. The first-order valence-corrected chi connectivity index (χ1v) is 6.18. The van der Waals surface area contributed by atoms with E-state index in [2.05, 4.69) is 0 Å². The van der Waals surface area contributed by atoms with Gasteiger partial charge in [0.15, 0.2) is 0 Å². The third-order valence-electron chi connectivity index (χ3n) is 2.59. The molecule has 0 aromatic heterocycles. The Morgan fingerprint density at radius 3 is 2.63 bits per heavy atom. The van der Waals surface area contributed by atoms with Crippen LogP contribution in [0.3, 0.4) is 0 Å². The van der Waals surface area contributed by atoms with Gasteiger partial charge in [-0.2, -0.15) is 0 Å². The first kappa shape index (κ1) is 15.0. The number of hydrogen-bond acceptors (Lipinski definition) is 4. The molecule has 104 valence electrons. The normalized spacial score (nSPS) is 9.95. The SMILES string of the molecule is COc1cccc(COC(=O)CCCCC(N)=O)c1. The van der Waals surface area contributed by atoms with E-state index in [1.807, 2.05) is 24.3 Å². The highest BCUT2D eigenvalue weighted by Gasteiger charge is 2.04. The number of primary amides is 1. The Kier molecular flexibility index (Phi) is 6.43. The van der Waals surface area contributed by atoms with Crippen molar-refractivity contribution in [1.29, 1.82) is 0 Å². The zero-order valence-electron chi connectivity index (χ0n) is 11.1. The average molecular weight is 265 g/mol. The third kappa shape index (κ3) is 6.45. The van der Waals surface area contributed by atoms with Gasteiger partial charge in [-0.1, -0.05) is 12.1 Å². The van der Waals surface area contributed by atoms with Gasteiger partial charge in [0.2, 0.25) is 5.91 Å². The molecule has 0 aliphatic carbocycles. The number of amides is 1. The Morgan fingerprint density at radius 2 is 1.95 bits per heavy atom. The van der Waals surface area contributed by atoms with Crippen molar-refractivity contribution in [3.05, 3.63) is 29.8 Å². The average Bonchev–Trinajstić information content (AvgIpc) is 2.41. The Bertz CT molecular complexity index is 431. The van der Waals surface area contributed by atoms with Crippen molar-refractivity contribution >= 4 is 11.9 Å². The molecule has 5 nitrogen and oxygen atoms in total. The lowest BCUT2D eigenvalue weighted by atomic mass is 10.2. The van der Waals surface area contributed by atoms with Crippen molar-refractivity contribution < 1.29 is 19.1 Å². The Labute approximate surface area is 112 Å². The summed E-state index contributed by atoms with van der Waals surface area (Å²) >= 11 is 0. The van der Waals surface area contributed by atoms with Gasteiger partial charge in [0.1, 0.15) is 12.4 Å². The third-order valence-corrected chi connectivity index (χ3v) is 2.59. The van der Waals surface area contributed by atoms with Crippen LogP contribution in [0.25, 0.3) is 0 Å². The van der Waals surface area contributed by atoms with Gasteiger partial charge < -0.3 is 15.2 Å². The molecule has 0 aliphatic rings. The second-order valence-corrected chi connectivity index (χ2v) is 4.19. The minimum absolute atomic E-state index is 0.228. The van der Waals surface area contributed by atoms with Gasteiger partial charge in [0, 0.05) is 12.8 Å². The molecule has 19 heavy (non-hydrogen) atoms. The smallest absolute Gasteiger partial charge is 0.306 e. The van der Waals surface area contributed by atoms with Crippen molar-refractivity contribution in [2.45, 2.75) is 32.3 Å². The molecule has 0 aliphatic heterocycles. The number of carbonyl (C=O) groups is 2. The number of nitrogens with two attached hydrogens (primary N) is 1. The first-order chi connectivity index (χ1) is 9.11. The predicted molar refractivity (Wildman–Crippen MR) is 70.5 cm³/mol. The molecular formula is C14H19NO4. The Morgan fingerprint density at radius 1 is 1.21 bits per heavy atom. The maximum Gasteiger partial charge on any atom is 0.306 e. The molecule has 1 amide bonds. The molecule has 2 N–H and O–H groups in total. The van der Waals surface area contributed by atoms with E-state index in [0.717, 1.165) is 11.3 Å². The summed E-state index contributed by atoms with van der Waals surface area (Å²) in [5, 5.41) is 0. The van der Waals surface area contributed by atoms with Gasteiger partial charge in [0.05, 0.1) is 7.11 Å². The van der Waals surface area contributed by atoms with Crippen LogP contribution in [0.1, 0.15) is 31.2 Å². The highest BCUT2D eigenvalue weighted by atomic mass is 16.5. The molecule has 0 saturated carbocycles. The highest BCUT2D eigenvalue weighted by molar-refractivity contribution is 5.73. The minimum Gasteiger partial charge on any atom is -0.497 e. The van der Waals surface area contributed by atoms with Gasteiger partial charge in [0.25, 0.3) is 0 Å². The lowest BCUT2D eigenvalue weighted by Gasteiger charge is -2.06. The van der Waals surface area contributed by atoms with Gasteiger partial charge in [-0.05, 0) is 30.5 Å². The molecule has 1 aromatic carbocycles. The summed E-state index contributed by atoms with van der Waals surface area (Å²) in [6.07, 6.45) is 1.84. The van der Waals surface area contributed by atoms with E-state index in [9.17, 15) is 9.59 Å².